The molecule has 0 saturated heterocycles. The lowest BCUT2D eigenvalue weighted by molar-refractivity contribution is 0.624. The maximum Gasteiger partial charge on any atom is 0.141 e. The first-order chi connectivity index (χ1) is 8.20. The van der Waals surface area contributed by atoms with Gasteiger partial charge in [0.25, 0.3) is 0 Å². The first-order valence-electron chi connectivity index (χ1n) is 5.16. The number of H-pyrrole nitrogens is 1. The maximum absolute atomic E-state index is 13.1. The van der Waals surface area contributed by atoms with E-state index in [-0.39, 0.29) is 11.6 Å². The van der Waals surface area contributed by atoms with Crippen LogP contribution in [-0.2, 0) is 0 Å². The van der Waals surface area contributed by atoms with Crippen LogP contribution in [0.2, 0.25) is 0 Å². The topological polar surface area (TPSA) is 64.5 Å². The molecular formula is C12H11FN4. The van der Waals surface area contributed by atoms with Gasteiger partial charge in [-0.2, -0.15) is 10.4 Å². The first-order valence-corrected chi connectivity index (χ1v) is 5.16. The van der Waals surface area contributed by atoms with Gasteiger partial charge in [-0.25, -0.2) is 4.39 Å². The summed E-state index contributed by atoms with van der Waals surface area (Å²) in [6.07, 6.45) is 1.67. The van der Waals surface area contributed by atoms with Gasteiger partial charge in [0.1, 0.15) is 11.9 Å². The van der Waals surface area contributed by atoms with E-state index in [1.54, 1.807) is 12.3 Å². The van der Waals surface area contributed by atoms with E-state index >= 15 is 0 Å². The zero-order chi connectivity index (χ0) is 12.3. The van der Waals surface area contributed by atoms with Gasteiger partial charge in [-0.3, -0.25) is 5.10 Å². The van der Waals surface area contributed by atoms with E-state index in [9.17, 15) is 4.39 Å². The molecule has 2 rings (SSSR count). The maximum atomic E-state index is 13.1. The highest BCUT2D eigenvalue weighted by molar-refractivity contribution is 5.50. The Morgan fingerprint density at radius 3 is 2.94 bits per heavy atom. The molecule has 0 aliphatic heterocycles. The van der Waals surface area contributed by atoms with Crippen LogP contribution in [-0.4, -0.2) is 10.2 Å². The van der Waals surface area contributed by atoms with Crippen molar-refractivity contribution in [2.24, 2.45) is 0 Å². The first kappa shape index (κ1) is 11.1. The molecule has 5 heteroatoms. The average Bonchev–Trinajstić information content (AvgIpc) is 2.85. The summed E-state index contributed by atoms with van der Waals surface area (Å²) in [5, 5.41) is 18.6. The second kappa shape index (κ2) is 4.66. The van der Waals surface area contributed by atoms with Gasteiger partial charge >= 0.3 is 0 Å². The normalized spacial score (nSPS) is 11.8. The van der Waals surface area contributed by atoms with Crippen LogP contribution in [0.3, 0.4) is 0 Å². The monoisotopic (exact) mass is 230 g/mol. The van der Waals surface area contributed by atoms with Gasteiger partial charge in [0.2, 0.25) is 0 Å². The van der Waals surface area contributed by atoms with E-state index in [1.807, 2.05) is 19.1 Å². The third kappa shape index (κ3) is 2.42. The van der Waals surface area contributed by atoms with Crippen LogP contribution in [0.1, 0.15) is 24.2 Å². The quantitative estimate of drug-likeness (QED) is 0.851. The van der Waals surface area contributed by atoms with Gasteiger partial charge in [-0.15, -0.1) is 0 Å². The smallest absolute Gasteiger partial charge is 0.141 e. The fourth-order valence-electron chi connectivity index (χ4n) is 1.54. The second-order valence-electron chi connectivity index (χ2n) is 3.68. The molecule has 0 radical (unpaired) electrons. The fraction of sp³-hybridized carbons (Fsp3) is 0.167. The number of aromatic nitrogens is 2. The Hall–Kier alpha value is -2.35. The Morgan fingerprint density at radius 1 is 1.47 bits per heavy atom. The van der Waals surface area contributed by atoms with Crippen molar-refractivity contribution in [3.8, 4) is 6.07 Å². The van der Waals surface area contributed by atoms with Crippen LogP contribution in [0.4, 0.5) is 10.1 Å². The van der Waals surface area contributed by atoms with Gasteiger partial charge < -0.3 is 5.32 Å². The van der Waals surface area contributed by atoms with E-state index in [0.29, 0.717) is 5.69 Å². The van der Waals surface area contributed by atoms with Crippen molar-refractivity contribution >= 4 is 5.69 Å². The summed E-state index contributed by atoms with van der Waals surface area (Å²) in [7, 11) is 0. The number of hydrogen-bond acceptors (Lipinski definition) is 3. The van der Waals surface area contributed by atoms with Gasteiger partial charge in [0.15, 0.2) is 0 Å². The molecule has 1 aromatic carbocycles. The van der Waals surface area contributed by atoms with Crippen LogP contribution in [0.25, 0.3) is 0 Å². The largest absolute Gasteiger partial charge is 0.377 e. The van der Waals surface area contributed by atoms with Crippen molar-refractivity contribution in [2.75, 3.05) is 5.32 Å². The van der Waals surface area contributed by atoms with Gasteiger partial charge in [0.05, 0.1) is 17.3 Å². The Bertz CT molecular complexity index is 542. The third-order valence-electron chi connectivity index (χ3n) is 2.46. The van der Waals surface area contributed by atoms with E-state index in [2.05, 4.69) is 15.5 Å². The molecule has 1 heterocycles. The molecule has 86 valence electrons. The van der Waals surface area contributed by atoms with E-state index in [4.69, 9.17) is 5.26 Å². The number of aromatic amines is 1. The van der Waals surface area contributed by atoms with Crippen LogP contribution in [0.5, 0.6) is 0 Å². The molecule has 2 N–H and O–H groups in total. The zero-order valence-corrected chi connectivity index (χ0v) is 9.24. The highest BCUT2D eigenvalue weighted by atomic mass is 19.1. The fourth-order valence-corrected chi connectivity index (χ4v) is 1.54. The van der Waals surface area contributed by atoms with Gasteiger partial charge in [-0.05, 0) is 31.2 Å². The number of rotatable bonds is 3. The number of benzene rings is 1. The summed E-state index contributed by atoms with van der Waals surface area (Å²) < 4.78 is 13.1. The van der Waals surface area contributed by atoms with Crippen LogP contribution < -0.4 is 5.32 Å². The van der Waals surface area contributed by atoms with E-state index in [1.165, 1.54) is 12.1 Å². The van der Waals surface area contributed by atoms with Crippen molar-refractivity contribution in [2.45, 2.75) is 13.0 Å². The summed E-state index contributed by atoms with van der Waals surface area (Å²) >= 11 is 0. The summed E-state index contributed by atoms with van der Waals surface area (Å²) in [6.45, 7) is 1.95. The molecule has 0 aliphatic rings. The molecule has 0 aliphatic carbocycles. The zero-order valence-electron chi connectivity index (χ0n) is 9.24. The molecule has 0 amide bonds. The standard InChI is InChI=1S/C12H11FN4/c1-8(12-4-5-15-17-12)16-10-2-3-11(13)9(6-10)7-14/h2-6,8,16H,1H3,(H,15,17). The molecule has 0 saturated carbocycles. The molecular weight excluding hydrogens is 219 g/mol. The highest BCUT2D eigenvalue weighted by Crippen LogP contribution is 2.19. The Labute approximate surface area is 98.1 Å². The predicted molar refractivity (Wildman–Crippen MR) is 61.7 cm³/mol. The lowest BCUT2D eigenvalue weighted by Gasteiger charge is -2.13. The van der Waals surface area contributed by atoms with Crippen molar-refractivity contribution in [3.63, 3.8) is 0 Å². The lowest BCUT2D eigenvalue weighted by Crippen LogP contribution is -2.07. The minimum atomic E-state index is -0.507. The Morgan fingerprint density at radius 2 is 2.29 bits per heavy atom. The van der Waals surface area contributed by atoms with Crippen LogP contribution in [0.15, 0.2) is 30.5 Å². The molecule has 17 heavy (non-hydrogen) atoms. The van der Waals surface area contributed by atoms with Crippen molar-refractivity contribution < 1.29 is 4.39 Å². The number of anilines is 1. The summed E-state index contributed by atoms with van der Waals surface area (Å²) in [6, 6.07) is 8.04. The lowest BCUT2D eigenvalue weighted by atomic mass is 10.1. The number of nitrogens with zero attached hydrogens (tertiary/aromatic N) is 2. The average molecular weight is 230 g/mol. The molecule has 1 unspecified atom stereocenters. The SMILES string of the molecule is CC(Nc1ccc(F)c(C#N)c1)c1ccn[nH]1. The van der Waals surface area contributed by atoms with E-state index < -0.39 is 5.82 Å². The van der Waals surface area contributed by atoms with Crippen molar-refractivity contribution in [3.05, 3.63) is 47.5 Å². The minimum Gasteiger partial charge on any atom is -0.377 e. The Kier molecular flexibility index (Phi) is 3.06. The molecule has 1 atom stereocenters. The summed E-state index contributed by atoms with van der Waals surface area (Å²) in [5.41, 5.74) is 1.66. The van der Waals surface area contributed by atoms with Gasteiger partial charge in [0, 0.05) is 11.9 Å². The number of halogens is 1. The van der Waals surface area contributed by atoms with Crippen molar-refractivity contribution in [1.82, 2.24) is 10.2 Å². The second-order valence-corrected chi connectivity index (χ2v) is 3.68. The molecule has 0 fully saturated rings. The Balaban J connectivity index is 2.17. The molecule has 4 nitrogen and oxygen atoms in total. The number of nitriles is 1. The summed E-state index contributed by atoms with van der Waals surface area (Å²) in [5.74, 6) is -0.507. The number of nitrogens with one attached hydrogen (secondary N) is 2. The van der Waals surface area contributed by atoms with E-state index in [0.717, 1.165) is 5.69 Å². The minimum absolute atomic E-state index is 0.00880. The molecule has 0 spiro atoms. The molecule has 0 bridgehead atoms. The third-order valence-corrected chi connectivity index (χ3v) is 2.46. The summed E-state index contributed by atoms with van der Waals surface area (Å²) in [4.78, 5) is 0. The molecule has 1 aromatic heterocycles. The highest BCUT2D eigenvalue weighted by Gasteiger charge is 2.08. The van der Waals surface area contributed by atoms with Crippen molar-refractivity contribution in [1.29, 1.82) is 5.26 Å². The predicted octanol–water partition coefficient (Wildman–Crippen LogP) is 2.59. The van der Waals surface area contributed by atoms with Gasteiger partial charge in [-0.1, -0.05) is 0 Å². The number of hydrogen-bond donors (Lipinski definition) is 2. The molecule has 2 aromatic rings. The van der Waals surface area contributed by atoms with Crippen LogP contribution >= 0.6 is 0 Å². The van der Waals surface area contributed by atoms with Crippen LogP contribution in [0, 0.1) is 17.1 Å².